The summed E-state index contributed by atoms with van der Waals surface area (Å²) in [6.45, 7) is 2.09. The fourth-order valence-corrected chi connectivity index (χ4v) is 2.63. The van der Waals surface area contributed by atoms with Gasteiger partial charge in [-0.25, -0.2) is 4.98 Å². The molecule has 0 spiro atoms. The first-order chi connectivity index (χ1) is 7.83. The average Bonchev–Trinajstić information content (AvgIpc) is 2.65. The molecule has 1 aliphatic rings. The van der Waals surface area contributed by atoms with Crippen LogP contribution in [0.5, 0.6) is 5.75 Å². The molecule has 2 heterocycles. The number of nitrogens with zero attached hydrogens (tertiary/aromatic N) is 1. The van der Waals surface area contributed by atoms with E-state index in [1.165, 1.54) is 5.01 Å². The van der Waals surface area contributed by atoms with Gasteiger partial charge in [-0.05, 0) is 24.3 Å². The van der Waals surface area contributed by atoms with Crippen molar-refractivity contribution in [2.24, 2.45) is 0 Å². The molecule has 1 aliphatic heterocycles. The van der Waals surface area contributed by atoms with Crippen LogP contribution in [0.1, 0.15) is 10.9 Å². The van der Waals surface area contributed by atoms with Crippen molar-refractivity contribution in [3.8, 4) is 17.0 Å². The van der Waals surface area contributed by atoms with Gasteiger partial charge in [-0.2, -0.15) is 0 Å². The van der Waals surface area contributed by atoms with E-state index in [2.05, 4.69) is 15.7 Å². The van der Waals surface area contributed by atoms with Crippen LogP contribution in [-0.2, 0) is 0 Å². The molecule has 3 rings (SSSR count). The van der Waals surface area contributed by atoms with Gasteiger partial charge in [0.1, 0.15) is 5.75 Å². The maximum atomic E-state index is 9.22. The molecule has 2 aromatic rings. The van der Waals surface area contributed by atoms with E-state index in [0.29, 0.717) is 11.7 Å². The molecule has 1 saturated heterocycles. The van der Waals surface area contributed by atoms with E-state index in [9.17, 15) is 5.11 Å². The summed E-state index contributed by atoms with van der Waals surface area (Å²) in [5, 5.41) is 15.8. The summed E-state index contributed by atoms with van der Waals surface area (Å²) in [4.78, 5) is 4.63. The Morgan fingerprint density at radius 1 is 1.25 bits per heavy atom. The molecule has 82 valence electrons. The second-order valence-electron chi connectivity index (χ2n) is 3.97. The lowest BCUT2D eigenvalue weighted by atomic mass is 10.1. The maximum Gasteiger partial charge on any atom is 0.115 e. The highest BCUT2D eigenvalue weighted by Gasteiger charge is 2.22. The summed E-state index contributed by atoms with van der Waals surface area (Å²) in [5.74, 6) is 0.887. The number of phenols is 1. The van der Waals surface area contributed by atoms with E-state index in [1.807, 2.05) is 12.1 Å². The molecule has 3 nitrogen and oxygen atoms in total. The first-order valence-electron chi connectivity index (χ1n) is 5.28. The standard InChI is InChI=1S/C12H12N2OS/c15-10-3-1-8(2-4-10)11-7-16-12(14-11)9-5-13-6-9/h1-4,7,9,13,15H,5-6H2. The SMILES string of the molecule is Oc1ccc(-c2csc(C3CNC3)n2)cc1. The van der Waals surface area contributed by atoms with Crippen LogP contribution in [0, 0.1) is 0 Å². The predicted octanol–water partition coefficient (Wildman–Crippen LogP) is 2.20. The van der Waals surface area contributed by atoms with Gasteiger partial charge in [-0.15, -0.1) is 11.3 Å². The van der Waals surface area contributed by atoms with Gasteiger partial charge in [0.2, 0.25) is 0 Å². The molecule has 0 radical (unpaired) electrons. The van der Waals surface area contributed by atoms with Crippen LogP contribution in [0.25, 0.3) is 11.3 Å². The van der Waals surface area contributed by atoms with E-state index >= 15 is 0 Å². The van der Waals surface area contributed by atoms with Crippen LogP contribution in [0.4, 0.5) is 0 Å². The van der Waals surface area contributed by atoms with Crippen molar-refractivity contribution in [1.29, 1.82) is 0 Å². The third kappa shape index (κ3) is 1.70. The summed E-state index contributed by atoms with van der Waals surface area (Å²) in [5.41, 5.74) is 2.07. The molecule has 0 bridgehead atoms. The van der Waals surface area contributed by atoms with Crippen molar-refractivity contribution >= 4 is 11.3 Å². The van der Waals surface area contributed by atoms with Gasteiger partial charge in [-0.3, -0.25) is 0 Å². The van der Waals surface area contributed by atoms with E-state index in [-0.39, 0.29) is 0 Å². The van der Waals surface area contributed by atoms with Crippen molar-refractivity contribution in [2.75, 3.05) is 13.1 Å². The molecule has 1 fully saturated rings. The van der Waals surface area contributed by atoms with Crippen molar-refractivity contribution in [3.05, 3.63) is 34.7 Å². The number of phenolic OH excluding ortho intramolecular Hbond substituents is 1. The van der Waals surface area contributed by atoms with Crippen LogP contribution >= 0.6 is 11.3 Å². The minimum atomic E-state index is 0.294. The Balaban J connectivity index is 1.88. The molecule has 0 aliphatic carbocycles. The van der Waals surface area contributed by atoms with Crippen LogP contribution in [0.15, 0.2) is 29.6 Å². The van der Waals surface area contributed by atoms with Crippen LogP contribution in [0.3, 0.4) is 0 Å². The Bertz CT molecular complexity index is 488. The van der Waals surface area contributed by atoms with Crippen molar-refractivity contribution in [2.45, 2.75) is 5.92 Å². The molecular formula is C12H12N2OS. The quantitative estimate of drug-likeness (QED) is 0.834. The Labute approximate surface area is 97.8 Å². The number of aromatic nitrogens is 1. The molecule has 16 heavy (non-hydrogen) atoms. The van der Waals surface area contributed by atoms with Crippen LogP contribution < -0.4 is 5.32 Å². The lowest BCUT2D eigenvalue weighted by Gasteiger charge is -2.24. The van der Waals surface area contributed by atoms with Crippen molar-refractivity contribution < 1.29 is 5.11 Å². The van der Waals surface area contributed by atoms with Gasteiger partial charge in [0.25, 0.3) is 0 Å². The van der Waals surface area contributed by atoms with Crippen molar-refractivity contribution in [1.82, 2.24) is 10.3 Å². The number of rotatable bonds is 2. The normalized spacial score (nSPS) is 16.0. The lowest BCUT2D eigenvalue weighted by molar-refractivity contribution is 0.447. The second-order valence-corrected chi connectivity index (χ2v) is 4.86. The first-order valence-corrected chi connectivity index (χ1v) is 6.16. The fourth-order valence-electron chi connectivity index (χ4n) is 1.70. The molecule has 1 aromatic heterocycles. The van der Waals surface area contributed by atoms with Gasteiger partial charge in [0, 0.05) is 30.0 Å². The summed E-state index contributed by atoms with van der Waals surface area (Å²) < 4.78 is 0. The Morgan fingerprint density at radius 3 is 2.62 bits per heavy atom. The lowest BCUT2D eigenvalue weighted by Crippen LogP contribution is -2.39. The van der Waals surface area contributed by atoms with E-state index < -0.39 is 0 Å². The molecule has 0 unspecified atom stereocenters. The zero-order valence-electron chi connectivity index (χ0n) is 8.68. The third-order valence-corrected chi connectivity index (χ3v) is 3.82. The van der Waals surface area contributed by atoms with Gasteiger partial charge in [-0.1, -0.05) is 0 Å². The van der Waals surface area contributed by atoms with Crippen LogP contribution in [-0.4, -0.2) is 23.2 Å². The highest BCUT2D eigenvalue weighted by Crippen LogP contribution is 2.28. The molecule has 0 saturated carbocycles. The topological polar surface area (TPSA) is 45.1 Å². The molecule has 0 amide bonds. The maximum absolute atomic E-state index is 9.22. The average molecular weight is 232 g/mol. The van der Waals surface area contributed by atoms with Gasteiger partial charge in [0.15, 0.2) is 0 Å². The largest absolute Gasteiger partial charge is 0.508 e. The van der Waals surface area contributed by atoms with Gasteiger partial charge >= 0.3 is 0 Å². The van der Waals surface area contributed by atoms with Gasteiger partial charge < -0.3 is 10.4 Å². The summed E-state index contributed by atoms with van der Waals surface area (Å²) in [6, 6.07) is 7.18. The highest BCUT2D eigenvalue weighted by atomic mass is 32.1. The number of aromatic hydroxyl groups is 1. The number of benzene rings is 1. The van der Waals surface area contributed by atoms with Crippen LogP contribution in [0.2, 0.25) is 0 Å². The minimum Gasteiger partial charge on any atom is -0.508 e. The smallest absolute Gasteiger partial charge is 0.115 e. The summed E-state index contributed by atoms with van der Waals surface area (Å²) in [7, 11) is 0. The summed E-state index contributed by atoms with van der Waals surface area (Å²) in [6.07, 6.45) is 0. The molecule has 0 atom stereocenters. The minimum absolute atomic E-state index is 0.294. The molecule has 2 N–H and O–H groups in total. The Morgan fingerprint density at radius 2 is 2.00 bits per heavy atom. The van der Waals surface area contributed by atoms with E-state index in [0.717, 1.165) is 24.3 Å². The highest BCUT2D eigenvalue weighted by molar-refractivity contribution is 7.10. The monoisotopic (exact) mass is 232 g/mol. The number of hydrogen-bond donors (Lipinski definition) is 2. The number of thiazole rings is 1. The zero-order chi connectivity index (χ0) is 11.0. The Kier molecular flexibility index (Phi) is 2.38. The first kappa shape index (κ1) is 9.81. The molecular weight excluding hydrogens is 220 g/mol. The zero-order valence-corrected chi connectivity index (χ0v) is 9.50. The van der Waals surface area contributed by atoms with E-state index in [4.69, 9.17) is 0 Å². The van der Waals surface area contributed by atoms with E-state index in [1.54, 1.807) is 23.5 Å². The number of nitrogens with one attached hydrogen (secondary N) is 1. The van der Waals surface area contributed by atoms with Gasteiger partial charge in [0.05, 0.1) is 10.7 Å². The number of hydrogen-bond acceptors (Lipinski definition) is 4. The molecule has 1 aromatic carbocycles. The van der Waals surface area contributed by atoms with Crippen molar-refractivity contribution in [3.63, 3.8) is 0 Å². The fraction of sp³-hybridized carbons (Fsp3) is 0.250. The third-order valence-electron chi connectivity index (χ3n) is 2.82. The Hall–Kier alpha value is -1.39. The molecule has 4 heteroatoms. The summed E-state index contributed by atoms with van der Waals surface area (Å²) >= 11 is 1.72. The second kappa shape index (κ2) is 3.88. The predicted molar refractivity (Wildman–Crippen MR) is 64.8 cm³/mol.